The number of Topliss-reactive ketones (excluding diaryl/α,β-unsaturated/α-hetero) is 1. The molecule has 0 fully saturated rings. The van der Waals surface area contributed by atoms with Crippen molar-refractivity contribution < 1.29 is 14.7 Å². The molecule has 82 valence electrons. The molecule has 0 saturated heterocycles. The molecule has 4 heteroatoms. The Morgan fingerprint density at radius 3 is 2.27 bits per heavy atom. The highest BCUT2D eigenvalue weighted by atomic mass is 16.6. The highest BCUT2D eigenvalue weighted by Gasteiger charge is 2.24. The first kappa shape index (κ1) is 11.7. The average Bonchev–Trinajstić information content (AvgIpc) is 2.17. The number of hydroxylamine groups is 1. The van der Waals surface area contributed by atoms with Crippen LogP contribution in [0.4, 0.5) is 0 Å². The van der Waals surface area contributed by atoms with E-state index in [0.29, 0.717) is 11.3 Å². The Bertz CT molecular complexity index is 338. The van der Waals surface area contributed by atoms with Gasteiger partial charge < -0.3 is 9.94 Å². The van der Waals surface area contributed by atoms with Crippen molar-refractivity contribution in [2.24, 2.45) is 0 Å². The van der Waals surface area contributed by atoms with Crippen molar-refractivity contribution in [3.8, 4) is 5.75 Å². The number of carbonyl (C=O) groups is 1. The third kappa shape index (κ3) is 3.04. The van der Waals surface area contributed by atoms with E-state index in [0.717, 1.165) is 0 Å². The molecule has 1 rings (SSSR count). The maximum absolute atomic E-state index is 11.6. The summed E-state index contributed by atoms with van der Waals surface area (Å²) < 4.78 is 0. The smallest absolute Gasteiger partial charge is 0.193 e. The summed E-state index contributed by atoms with van der Waals surface area (Å²) in [6.45, 7) is 2.93. The highest BCUT2D eigenvalue weighted by molar-refractivity contribution is 6.01. The lowest BCUT2D eigenvalue weighted by Crippen LogP contribution is -2.31. The van der Waals surface area contributed by atoms with E-state index in [4.69, 9.17) is 4.84 Å². The Morgan fingerprint density at radius 2 is 1.87 bits per heavy atom. The minimum atomic E-state index is -1.34. The number of ketones is 1. The van der Waals surface area contributed by atoms with Crippen LogP contribution in [0.25, 0.3) is 0 Å². The maximum Gasteiger partial charge on any atom is 0.193 e. The molecule has 0 aliphatic rings. The van der Waals surface area contributed by atoms with Gasteiger partial charge in [0.25, 0.3) is 0 Å². The van der Waals surface area contributed by atoms with Crippen molar-refractivity contribution in [3.63, 3.8) is 0 Å². The van der Waals surface area contributed by atoms with Crippen LogP contribution in [0.2, 0.25) is 0 Å². The summed E-state index contributed by atoms with van der Waals surface area (Å²) in [6, 6.07) is 6.56. The zero-order valence-corrected chi connectivity index (χ0v) is 9.07. The molecule has 0 aliphatic heterocycles. The van der Waals surface area contributed by atoms with Crippen molar-refractivity contribution in [1.29, 1.82) is 0 Å². The van der Waals surface area contributed by atoms with Gasteiger partial charge in [-0.25, -0.2) is 0 Å². The van der Waals surface area contributed by atoms with Gasteiger partial charge in [-0.15, -0.1) is 0 Å². The molecule has 0 amide bonds. The van der Waals surface area contributed by atoms with Crippen LogP contribution in [0.1, 0.15) is 24.2 Å². The third-order valence-electron chi connectivity index (χ3n) is 1.89. The largest absolute Gasteiger partial charge is 0.409 e. The Balaban J connectivity index is 2.85. The molecule has 0 unspecified atom stereocenters. The SMILES string of the molecule is CNOc1ccc(C(=O)C(C)(C)O)cc1. The molecule has 0 aliphatic carbocycles. The second-order valence-electron chi connectivity index (χ2n) is 3.72. The summed E-state index contributed by atoms with van der Waals surface area (Å²) >= 11 is 0. The van der Waals surface area contributed by atoms with E-state index in [2.05, 4.69) is 5.48 Å². The normalized spacial score (nSPS) is 11.2. The fourth-order valence-electron chi connectivity index (χ4n) is 1.15. The van der Waals surface area contributed by atoms with E-state index in [-0.39, 0.29) is 5.78 Å². The first-order valence-electron chi connectivity index (χ1n) is 4.66. The molecule has 0 spiro atoms. The minimum Gasteiger partial charge on any atom is -0.409 e. The Kier molecular flexibility index (Phi) is 3.44. The zero-order chi connectivity index (χ0) is 11.5. The van der Waals surface area contributed by atoms with E-state index in [9.17, 15) is 9.90 Å². The lowest BCUT2D eigenvalue weighted by atomic mass is 9.97. The van der Waals surface area contributed by atoms with Gasteiger partial charge in [0.1, 0.15) is 11.4 Å². The van der Waals surface area contributed by atoms with E-state index >= 15 is 0 Å². The van der Waals surface area contributed by atoms with E-state index in [1.165, 1.54) is 13.8 Å². The minimum absolute atomic E-state index is 0.307. The van der Waals surface area contributed by atoms with Crippen LogP contribution in [0.5, 0.6) is 5.75 Å². The number of nitrogens with one attached hydrogen (secondary N) is 1. The molecule has 4 nitrogen and oxygen atoms in total. The van der Waals surface area contributed by atoms with Crippen LogP contribution in [-0.4, -0.2) is 23.5 Å². The lowest BCUT2D eigenvalue weighted by Gasteiger charge is -2.15. The average molecular weight is 209 g/mol. The van der Waals surface area contributed by atoms with Gasteiger partial charge in [0.15, 0.2) is 5.78 Å². The van der Waals surface area contributed by atoms with Crippen molar-refractivity contribution >= 4 is 5.78 Å². The van der Waals surface area contributed by atoms with Gasteiger partial charge >= 0.3 is 0 Å². The van der Waals surface area contributed by atoms with Crippen LogP contribution in [0, 0.1) is 0 Å². The summed E-state index contributed by atoms with van der Waals surface area (Å²) in [7, 11) is 1.65. The predicted molar refractivity (Wildman–Crippen MR) is 56.8 cm³/mol. The standard InChI is InChI=1S/C11H15NO3/c1-11(2,14)10(13)8-4-6-9(7-5-8)15-12-3/h4-7,12,14H,1-3H3. The van der Waals surface area contributed by atoms with E-state index in [1.54, 1.807) is 31.3 Å². The van der Waals surface area contributed by atoms with Crippen LogP contribution in [-0.2, 0) is 0 Å². The van der Waals surface area contributed by atoms with Gasteiger partial charge in [0.2, 0.25) is 0 Å². The van der Waals surface area contributed by atoms with Gasteiger partial charge in [-0.05, 0) is 38.1 Å². The third-order valence-corrected chi connectivity index (χ3v) is 1.89. The van der Waals surface area contributed by atoms with E-state index < -0.39 is 5.60 Å². The molecule has 0 heterocycles. The second-order valence-corrected chi connectivity index (χ2v) is 3.72. The number of rotatable bonds is 4. The number of hydrogen-bond acceptors (Lipinski definition) is 4. The van der Waals surface area contributed by atoms with Crippen LogP contribution < -0.4 is 10.3 Å². The summed E-state index contributed by atoms with van der Waals surface area (Å²) in [5.41, 5.74) is 1.65. The first-order valence-corrected chi connectivity index (χ1v) is 4.66. The molecule has 2 N–H and O–H groups in total. The topological polar surface area (TPSA) is 58.6 Å². The molecule has 0 atom stereocenters. The maximum atomic E-state index is 11.6. The number of aliphatic hydroxyl groups is 1. The molecule has 0 saturated carbocycles. The molecule has 15 heavy (non-hydrogen) atoms. The highest BCUT2D eigenvalue weighted by Crippen LogP contribution is 2.16. The molecule has 0 bridgehead atoms. The van der Waals surface area contributed by atoms with Gasteiger partial charge in [0.05, 0.1) is 0 Å². The van der Waals surface area contributed by atoms with Crippen LogP contribution >= 0.6 is 0 Å². The molecular formula is C11H15NO3. The fraction of sp³-hybridized carbons (Fsp3) is 0.364. The fourth-order valence-corrected chi connectivity index (χ4v) is 1.15. The van der Waals surface area contributed by atoms with Crippen LogP contribution in [0.3, 0.4) is 0 Å². The second kappa shape index (κ2) is 4.42. The Hall–Kier alpha value is -1.39. The first-order chi connectivity index (χ1) is 6.95. The molecular weight excluding hydrogens is 194 g/mol. The number of benzene rings is 1. The summed E-state index contributed by atoms with van der Waals surface area (Å²) in [5, 5.41) is 9.52. The van der Waals surface area contributed by atoms with Crippen molar-refractivity contribution in [3.05, 3.63) is 29.8 Å². The van der Waals surface area contributed by atoms with Gasteiger partial charge in [-0.3, -0.25) is 4.79 Å². The number of carbonyl (C=O) groups excluding carboxylic acids is 1. The molecule has 1 aromatic rings. The lowest BCUT2D eigenvalue weighted by molar-refractivity contribution is 0.0488. The summed E-state index contributed by atoms with van der Waals surface area (Å²) in [5.74, 6) is 0.309. The summed E-state index contributed by atoms with van der Waals surface area (Å²) in [6.07, 6.45) is 0. The van der Waals surface area contributed by atoms with Crippen LogP contribution in [0.15, 0.2) is 24.3 Å². The molecule has 0 radical (unpaired) electrons. The Morgan fingerprint density at radius 1 is 1.33 bits per heavy atom. The van der Waals surface area contributed by atoms with Gasteiger partial charge in [-0.1, -0.05) is 0 Å². The van der Waals surface area contributed by atoms with Crippen molar-refractivity contribution in [2.75, 3.05) is 7.05 Å². The van der Waals surface area contributed by atoms with E-state index in [1.807, 2.05) is 0 Å². The summed E-state index contributed by atoms with van der Waals surface area (Å²) in [4.78, 5) is 16.6. The zero-order valence-electron chi connectivity index (χ0n) is 9.07. The Labute approximate surface area is 88.8 Å². The van der Waals surface area contributed by atoms with Gasteiger partial charge in [-0.2, -0.15) is 5.48 Å². The van der Waals surface area contributed by atoms with Crippen molar-refractivity contribution in [2.45, 2.75) is 19.4 Å². The molecule has 1 aromatic carbocycles. The van der Waals surface area contributed by atoms with Crippen molar-refractivity contribution in [1.82, 2.24) is 5.48 Å². The molecule has 0 aromatic heterocycles. The number of hydrogen-bond donors (Lipinski definition) is 2. The monoisotopic (exact) mass is 209 g/mol. The predicted octanol–water partition coefficient (Wildman–Crippen LogP) is 1.15. The quantitative estimate of drug-likeness (QED) is 0.577. The van der Waals surface area contributed by atoms with Gasteiger partial charge in [0, 0.05) is 12.6 Å².